The van der Waals surface area contributed by atoms with Crippen LogP contribution in [0.5, 0.6) is 0 Å². The summed E-state index contributed by atoms with van der Waals surface area (Å²) in [5.74, 6) is 0.485. The van der Waals surface area contributed by atoms with Crippen molar-refractivity contribution in [1.29, 1.82) is 0 Å². The molecule has 3 nitrogen and oxygen atoms in total. The lowest BCUT2D eigenvalue weighted by Gasteiger charge is -2.20. The van der Waals surface area contributed by atoms with Gasteiger partial charge in [0.1, 0.15) is 0 Å². The van der Waals surface area contributed by atoms with Gasteiger partial charge in [0.25, 0.3) is 0 Å². The number of halogens is 1. The molecule has 1 heterocycles. The molecule has 0 aromatic carbocycles. The fourth-order valence-electron chi connectivity index (χ4n) is 1.19. The molecule has 1 fully saturated rings. The van der Waals surface area contributed by atoms with E-state index in [1.165, 1.54) is 0 Å². The summed E-state index contributed by atoms with van der Waals surface area (Å²) in [6.07, 6.45) is 2.04. The molecule has 0 saturated carbocycles. The van der Waals surface area contributed by atoms with E-state index in [-0.39, 0.29) is 9.70 Å². The lowest BCUT2D eigenvalue weighted by atomic mass is 9.97. The molecule has 1 saturated heterocycles. The Balaban J connectivity index is 2.28. The zero-order valence-corrected chi connectivity index (χ0v) is 8.26. The molecule has 62 valence electrons. The Morgan fingerprint density at radius 3 is 2.91 bits per heavy atom. The number of carbonyl (C=O) groups is 2. The maximum atomic E-state index is 10.7. The summed E-state index contributed by atoms with van der Waals surface area (Å²) in [6, 6.07) is 0. The molecule has 0 radical (unpaired) electrons. The number of nitrogens with one attached hydrogen (secondary N) is 1. The molecule has 1 rings (SSSR count). The fraction of sp³-hybridized carbons (Fsp3) is 0.714. The number of hydrogen-bond acceptors (Lipinski definition) is 2. The van der Waals surface area contributed by atoms with Gasteiger partial charge in [-0.3, -0.25) is 9.59 Å². The van der Waals surface area contributed by atoms with Crippen LogP contribution in [0.3, 0.4) is 0 Å². The van der Waals surface area contributed by atoms with Gasteiger partial charge in [-0.2, -0.15) is 0 Å². The van der Waals surface area contributed by atoms with Gasteiger partial charge in [0, 0.05) is 19.4 Å². The molecule has 1 amide bonds. The number of hydrogen-bond donors (Lipinski definition) is 1. The number of piperidine rings is 1. The standard InChI is InChI=1S/C7H10INO2/c8-6(10)3-5-1-2-7(11)9-4-5/h5H,1-4H2,(H,9,11). The van der Waals surface area contributed by atoms with E-state index >= 15 is 0 Å². The molecule has 1 unspecified atom stereocenters. The molecule has 1 N–H and O–H groups in total. The van der Waals surface area contributed by atoms with E-state index in [0.29, 0.717) is 25.3 Å². The van der Waals surface area contributed by atoms with Crippen molar-refractivity contribution in [3.05, 3.63) is 0 Å². The molecular formula is C7H10INO2. The van der Waals surface area contributed by atoms with Crippen molar-refractivity contribution in [2.75, 3.05) is 6.54 Å². The molecule has 1 atom stereocenters. The van der Waals surface area contributed by atoms with Gasteiger partial charge in [0.15, 0.2) is 3.79 Å². The van der Waals surface area contributed by atoms with E-state index in [1.807, 2.05) is 0 Å². The highest BCUT2D eigenvalue weighted by atomic mass is 127. The number of amides is 1. The summed E-state index contributed by atoms with van der Waals surface area (Å²) < 4.78 is 0.184. The van der Waals surface area contributed by atoms with Crippen molar-refractivity contribution in [3.63, 3.8) is 0 Å². The van der Waals surface area contributed by atoms with E-state index in [2.05, 4.69) is 5.32 Å². The Bertz CT molecular complexity index is 171. The second kappa shape index (κ2) is 4.04. The predicted molar refractivity (Wildman–Crippen MR) is 49.4 cm³/mol. The lowest BCUT2D eigenvalue weighted by molar-refractivity contribution is -0.123. The highest BCUT2D eigenvalue weighted by Crippen LogP contribution is 2.16. The van der Waals surface area contributed by atoms with Crippen molar-refractivity contribution >= 4 is 32.3 Å². The summed E-state index contributed by atoms with van der Waals surface area (Å²) in [4.78, 5) is 21.4. The minimum atomic E-state index is 0.113. The summed E-state index contributed by atoms with van der Waals surface area (Å²) >= 11 is 1.80. The quantitative estimate of drug-likeness (QED) is 0.596. The zero-order valence-electron chi connectivity index (χ0n) is 6.10. The second-order valence-electron chi connectivity index (χ2n) is 2.77. The van der Waals surface area contributed by atoms with Crippen LogP contribution in [0, 0.1) is 5.92 Å². The minimum Gasteiger partial charge on any atom is -0.356 e. The van der Waals surface area contributed by atoms with Crippen molar-refractivity contribution in [1.82, 2.24) is 5.32 Å². The van der Waals surface area contributed by atoms with Crippen molar-refractivity contribution < 1.29 is 9.59 Å². The molecule has 0 aromatic heterocycles. The van der Waals surface area contributed by atoms with Crippen LogP contribution in [0.1, 0.15) is 19.3 Å². The molecular weight excluding hydrogens is 257 g/mol. The number of carbonyl (C=O) groups excluding carboxylic acids is 2. The first-order valence-electron chi connectivity index (χ1n) is 3.63. The van der Waals surface area contributed by atoms with Gasteiger partial charge in [-0.05, 0) is 34.9 Å². The third-order valence-electron chi connectivity index (χ3n) is 1.82. The van der Waals surface area contributed by atoms with E-state index in [0.717, 1.165) is 6.42 Å². The van der Waals surface area contributed by atoms with Gasteiger partial charge in [-0.15, -0.1) is 0 Å². The van der Waals surface area contributed by atoms with Gasteiger partial charge in [-0.25, -0.2) is 0 Å². The molecule has 1 aliphatic heterocycles. The first kappa shape index (κ1) is 8.96. The Labute approximate surface area is 79.1 Å². The molecule has 0 spiro atoms. The van der Waals surface area contributed by atoms with Crippen LogP contribution in [0.4, 0.5) is 0 Å². The highest BCUT2D eigenvalue weighted by Gasteiger charge is 2.19. The molecule has 0 bridgehead atoms. The third kappa shape index (κ3) is 3.18. The maximum absolute atomic E-state index is 10.7. The van der Waals surface area contributed by atoms with Crippen molar-refractivity contribution in [2.45, 2.75) is 19.3 Å². The first-order valence-corrected chi connectivity index (χ1v) is 4.71. The van der Waals surface area contributed by atoms with E-state index in [9.17, 15) is 9.59 Å². The topological polar surface area (TPSA) is 46.2 Å². The summed E-state index contributed by atoms with van der Waals surface area (Å²) in [6.45, 7) is 0.674. The average molecular weight is 267 g/mol. The molecule has 0 aromatic rings. The Kier molecular flexibility index (Phi) is 3.29. The third-order valence-corrected chi connectivity index (χ3v) is 2.26. The van der Waals surface area contributed by atoms with Crippen LogP contribution in [0.2, 0.25) is 0 Å². The predicted octanol–water partition coefficient (Wildman–Crippen LogP) is 0.864. The van der Waals surface area contributed by atoms with Crippen LogP contribution in [0.15, 0.2) is 0 Å². The van der Waals surface area contributed by atoms with Crippen LogP contribution in [-0.4, -0.2) is 16.2 Å². The molecule has 4 heteroatoms. The normalized spacial score (nSPS) is 24.5. The minimum absolute atomic E-state index is 0.113. The van der Waals surface area contributed by atoms with E-state index in [1.54, 1.807) is 22.6 Å². The number of rotatable bonds is 2. The smallest absolute Gasteiger partial charge is 0.220 e. The van der Waals surface area contributed by atoms with E-state index < -0.39 is 0 Å². The Morgan fingerprint density at radius 1 is 1.73 bits per heavy atom. The van der Waals surface area contributed by atoms with Gasteiger partial charge < -0.3 is 5.32 Å². The van der Waals surface area contributed by atoms with Gasteiger partial charge in [0.2, 0.25) is 5.91 Å². The van der Waals surface area contributed by atoms with E-state index in [4.69, 9.17) is 0 Å². The summed E-state index contributed by atoms with van der Waals surface area (Å²) in [5, 5.41) is 2.74. The van der Waals surface area contributed by atoms with Crippen LogP contribution >= 0.6 is 22.6 Å². The lowest BCUT2D eigenvalue weighted by Crippen LogP contribution is -2.35. The summed E-state index contributed by atoms with van der Waals surface area (Å²) in [5.41, 5.74) is 0. The highest BCUT2D eigenvalue weighted by molar-refractivity contribution is 14.1. The van der Waals surface area contributed by atoms with Crippen molar-refractivity contribution in [2.24, 2.45) is 5.92 Å². The van der Waals surface area contributed by atoms with Crippen molar-refractivity contribution in [3.8, 4) is 0 Å². The van der Waals surface area contributed by atoms with Gasteiger partial charge >= 0.3 is 0 Å². The Morgan fingerprint density at radius 2 is 2.45 bits per heavy atom. The second-order valence-corrected chi connectivity index (χ2v) is 3.97. The maximum Gasteiger partial charge on any atom is 0.220 e. The summed E-state index contributed by atoms with van der Waals surface area (Å²) in [7, 11) is 0. The van der Waals surface area contributed by atoms with Crippen LogP contribution in [0.25, 0.3) is 0 Å². The zero-order chi connectivity index (χ0) is 8.27. The Hall–Kier alpha value is -0.130. The van der Waals surface area contributed by atoms with Crippen LogP contribution < -0.4 is 5.32 Å². The van der Waals surface area contributed by atoms with Gasteiger partial charge in [0.05, 0.1) is 0 Å². The molecule has 0 aliphatic carbocycles. The van der Waals surface area contributed by atoms with Gasteiger partial charge in [-0.1, -0.05) is 0 Å². The van der Waals surface area contributed by atoms with Crippen LogP contribution in [-0.2, 0) is 9.59 Å². The molecule has 1 aliphatic rings. The fourth-order valence-corrected chi connectivity index (χ4v) is 1.81. The monoisotopic (exact) mass is 267 g/mol. The largest absolute Gasteiger partial charge is 0.356 e. The SMILES string of the molecule is O=C(I)CC1CCC(=O)NC1. The first-order chi connectivity index (χ1) is 5.18. The molecule has 11 heavy (non-hydrogen) atoms. The average Bonchev–Trinajstić information content (AvgIpc) is 1.93.